The van der Waals surface area contributed by atoms with E-state index >= 15 is 0 Å². The maximum Gasteiger partial charge on any atom is 0.232 e. The van der Waals surface area contributed by atoms with Crippen LogP contribution >= 0.6 is 0 Å². The number of ether oxygens (including phenoxy) is 1. The fourth-order valence-electron chi connectivity index (χ4n) is 2.39. The van der Waals surface area contributed by atoms with E-state index in [-0.39, 0.29) is 5.91 Å². The lowest BCUT2D eigenvalue weighted by Crippen LogP contribution is -2.51. The molecule has 0 unspecified atom stereocenters. The molecular formula is C15H22N2O2. The molecule has 1 aromatic rings. The maximum absolute atomic E-state index is 12.6. The average Bonchev–Trinajstić information content (AvgIpc) is 2.47. The highest BCUT2D eigenvalue weighted by Gasteiger charge is 2.34. The molecule has 0 radical (unpaired) electrons. The monoisotopic (exact) mass is 262 g/mol. The van der Waals surface area contributed by atoms with Crippen LogP contribution in [0.1, 0.15) is 19.4 Å². The Labute approximate surface area is 114 Å². The molecule has 0 atom stereocenters. The van der Waals surface area contributed by atoms with Gasteiger partial charge in [-0.1, -0.05) is 12.1 Å². The van der Waals surface area contributed by atoms with Crippen LogP contribution in [0.4, 0.5) is 0 Å². The molecule has 1 saturated heterocycles. The van der Waals surface area contributed by atoms with Gasteiger partial charge in [0.05, 0.1) is 12.5 Å². The molecule has 104 valence electrons. The zero-order valence-electron chi connectivity index (χ0n) is 11.9. The maximum atomic E-state index is 12.6. The lowest BCUT2D eigenvalue weighted by atomic mass is 9.83. The van der Waals surface area contributed by atoms with E-state index in [1.165, 1.54) is 0 Å². The summed E-state index contributed by atoms with van der Waals surface area (Å²) in [5.41, 5.74) is 0.528. The zero-order chi connectivity index (χ0) is 13.9. The quantitative estimate of drug-likeness (QED) is 0.895. The Hall–Kier alpha value is -1.55. The molecule has 1 N–H and O–H groups in total. The number of nitrogens with zero attached hydrogens (tertiary/aromatic N) is 1. The molecule has 1 heterocycles. The van der Waals surface area contributed by atoms with E-state index in [2.05, 4.69) is 5.32 Å². The van der Waals surface area contributed by atoms with Gasteiger partial charge in [0, 0.05) is 26.2 Å². The van der Waals surface area contributed by atoms with Crippen LogP contribution in [0.5, 0.6) is 5.75 Å². The highest BCUT2D eigenvalue weighted by Crippen LogP contribution is 2.27. The van der Waals surface area contributed by atoms with Gasteiger partial charge in [0.15, 0.2) is 0 Å². The van der Waals surface area contributed by atoms with Crippen LogP contribution in [0.25, 0.3) is 0 Å². The smallest absolute Gasteiger partial charge is 0.232 e. The zero-order valence-corrected chi connectivity index (χ0v) is 11.9. The number of carbonyl (C=O) groups excluding carboxylic acids is 1. The Morgan fingerprint density at radius 2 is 1.79 bits per heavy atom. The molecular weight excluding hydrogens is 240 g/mol. The minimum atomic E-state index is -0.496. The number of nitrogens with one attached hydrogen (secondary N) is 1. The second kappa shape index (κ2) is 5.61. The summed E-state index contributed by atoms with van der Waals surface area (Å²) in [7, 11) is 1.64. The van der Waals surface area contributed by atoms with Gasteiger partial charge in [-0.2, -0.15) is 0 Å². The van der Waals surface area contributed by atoms with E-state index < -0.39 is 5.41 Å². The molecule has 1 amide bonds. The minimum Gasteiger partial charge on any atom is -0.497 e. The van der Waals surface area contributed by atoms with Gasteiger partial charge in [-0.15, -0.1) is 0 Å². The van der Waals surface area contributed by atoms with Crippen molar-refractivity contribution in [2.45, 2.75) is 19.3 Å². The number of benzene rings is 1. The fraction of sp³-hybridized carbons (Fsp3) is 0.533. The van der Waals surface area contributed by atoms with Gasteiger partial charge in [-0.3, -0.25) is 4.79 Å². The first-order valence-electron chi connectivity index (χ1n) is 6.70. The van der Waals surface area contributed by atoms with E-state index in [0.717, 1.165) is 37.5 Å². The predicted molar refractivity (Wildman–Crippen MR) is 75.5 cm³/mol. The number of amides is 1. The number of hydrogen-bond donors (Lipinski definition) is 1. The molecule has 2 rings (SSSR count). The molecule has 0 bridgehead atoms. The summed E-state index contributed by atoms with van der Waals surface area (Å²) in [5.74, 6) is 1.01. The Morgan fingerprint density at radius 1 is 1.21 bits per heavy atom. The van der Waals surface area contributed by atoms with Crippen molar-refractivity contribution < 1.29 is 9.53 Å². The Morgan fingerprint density at radius 3 is 2.32 bits per heavy atom. The van der Waals surface area contributed by atoms with Crippen molar-refractivity contribution >= 4 is 5.91 Å². The van der Waals surface area contributed by atoms with Crippen LogP contribution < -0.4 is 10.1 Å². The van der Waals surface area contributed by atoms with E-state index in [0.29, 0.717) is 0 Å². The molecule has 4 nitrogen and oxygen atoms in total. The number of rotatable bonds is 3. The van der Waals surface area contributed by atoms with Gasteiger partial charge in [-0.05, 0) is 31.5 Å². The largest absolute Gasteiger partial charge is 0.497 e. The molecule has 1 aliphatic rings. The first kappa shape index (κ1) is 13.9. The van der Waals surface area contributed by atoms with Gasteiger partial charge in [-0.25, -0.2) is 0 Å². The summed E-state index contributed by atoms with van der Waals surface area (Å²) in [4.78, 5) is 14.6. The lowest BCUT2D eigenvalue weighted by Gasteiger charge is -2.35. The van der Waals surface area contributed by atoms with Crippen molar-refractivity contribution in [3.05, 3.63) is 29.8 Å². The third-order valence-corrected chi connectivity index (χ3v) is 3.75. The summed E-state index contributed by atoms with van der Waals surface area (Å²) in [6, 6.07) is 7.75. The molecule has 4 heteroatoms. The van der Waals surface area contributed by atoms with Crippen LogP contribution in [-0.4, -0.2) is 44.1 Å². The lowest BCUT2D eigenvalue weighted by molar-refractivity contribution is -0.136. The van der Waals surface area contributed by atoms with E-state index in [1.54, 1.807) is 7.11 Å². The molecule has 0 aromatic heterocycles. The third kappa shape index (κ3) is 2.89. The average molecular weight is 262 g/mol. The van der Waals surface area contributed by atoms with Crippen LogP contribution in [0, 0.1) is 0 Å². The summed E-state index contributed by atoms with van der Waals surface area (Å²) in [5, 5.41) is 3.27. The second-order valence-electron chi connectivity index (χ2n) is 5.40. The second-order valence-corrected chi connectivity index (χ2v) is 5.40. The summed E-state index contributed by atoms with van der Waals surface area (Å²) < 4.78 is 5.16. The third-order valence-electron chi connectivity index (χ3n) is 3.75. The first-order chi connectivity index (χ1) is 9.05. The summed E-state index contributed by atoms with van der Waals surface area (Å²) in [6.45, 7) is 7.31. The van der Waals surface area contributed by atoms with Crippen LogP contribution in [-0.2, 0) is 10.2 Å². The molecule has 19 heavy (non-hydrogen) atoms. The SMILES string of the molecule is COc1ccc(C(C)(C)C(=O)N2CCNCC2)cc1. The highest BCUT2D eigenvalue weighted by atomic mass is 16.5. The van der Waals surface area contributed by atoms with E-state index in [1.807, 2.05) is 43.0 Å². The van der Waals surface area contributed by atoms with Crippen molar-refractivity contribution in [1.29, 1.82) is 0 Å². The number of piperazine rings is 1. The van der Waals surface area contributed by atoms with Crippen molar-refractivity contribution in [3.8, 4) is 5.75 Å². The highest BCUT2D eigenvalue weighted by molar-refractivity contribution is 5.87. The van der Waals surface area contributed by atoms with Gasteiger partial charge in [0.25, 0.3) is 0 Å². The van der Waals surface area contributed by atoms with E-state index in [9.17, 15) is 4.79 Å². The Kier molecular flexibility index (Phi) is 4.10. The molecule has 1 aliphatic heterocycles. The Balaban J connectivity index is 2.17. The molecule has 0 aliphatic carbocycles. The van der Waals surface area contributed by atoms with Gasteiger partial charge in [0.1, 0.15) is 5.75 Å². The molecule has 1 aromatic carbocycles. The topological polar surface area (TPSA) is 41.6 Å². The van der Waals surface area contributed by atoms with Gasteiger partial charge < -0.3 is 15.0 Å². The van der Waals surface area contributed by atoms with E-state index in [4.69, 9.17) is 4.74 Å². The van der Waals surface area contributed by atoms with Crippen LogP contribution in [0.2, 0.25) is 0 Å². The van der Waals surface area contributed by atoms with Crippen LogP contribution in [0.15, 0.2) is 24.3 Å². The van der Waals surface area contributed by atoms with Crippen molar-refractivity contribution in [2.75, 3.05) is 33.3 Å². The predicted octanol–water partition coefficient (Wildman–Crippen LogP) is 1.40. The molecule has 0 saturated carbocycles. The summed E-state index contributed by atoms with van der Waals surface area (Å²) in [6.07, 6.45) is 0. The summed E-state index contributed by atoms with van der Waals surface area (Å²) >= 11 is 0. The van der Waals surface area contributed by atoms with Crippen molar-refractivity contribution in [2.24, 2.45) is 0 Å². The Bertz CT molecular complexity index is 434. The van der Waals surface area contributed by atoms with Crippen LogP contribution in [0.3, 0.4) is 0 Å². The normalized spacial score (nSPS) is 16.3. The minimum absolute atomic E-state index is 0.194. The molecule has 1 fully saturated rings. The first-order valence-corrected chi connectivity index (χ1v) is 6.70. The number of methoxy groups -OCH3 is 1. The standard InChI is InChI=1S/C15H22N2O2/c1-15(2,12-4-6-13(19-3)7-5-12)14(18)17-10-8-16-9-11-17/h4-7,16H,8-11H2,1-3H3. The number of hydrogen-bond acceptors (Lipinski definition) is 3. The number of carbonyl (C=O) groups is 1. The van der Waals surface area contributed by atoms with Gasteiger partial charge >= 0.3 is 0 Å². The van der Waals surface area contributed by atoms with Crippen molar-refractivity contribution in [3.63, 3.8) is 0 Å². The fourth-order valence-corrected chi connectivity index (χ4v) is 2.39. The van der Waals surface area contributed by atoms with Crippen molar-refractivity contribution in [1.82, 2.24) is 10.2 Å². The van der Waals surface area contributed by atoms with Gasteiger partial charge in [0.2, 0.25) is 5.91 Å². The molecule has 0 spiro atoms.